The first kappa shape index (κ1) is 16.8. The second kappa shape index (κ2) is 6.59. The highest BCUT2D eigenvalue weighted by molar-refractivity contribution is 7.89. The molecule has 2 heterocycles. The van der Waals surface area contributed by atoms with E-state index in [1.54, 1.807) is 6.07 Å². The Hall–Kier alpha value is -2.64. The van der Waals surface area contributed by atoms with Crippen molar-refractivity contribution in [3.63, 3.8) is 0 Å². The summed E-state index contributed by atoms with van der Waals surface area (Å²) in [6.07, 6.45) is 0.460. The fourth-order valence-corrected chi connectivity index (χ4v) is 4.59. The molecular formula is C19H17NO5S. The molecule has 1 fully saturated rings. The maximum atomic E-state index is 12.9. The minimum absolute atomic E-state index is 0.175. The Morgan fingerprint density at radius 1 is 1.04 bits per heavy atom. The summed E-state index contributed by atoms with van der Waals surface area (Å²) in [6, 6.07) is 16.7. The fraction of sp³-hybridized carbons (Fsp3) is 0.211. The number of para-hydroxylation sites is 1. The lowest BCUT2D eigenvalue weighted by atomic mass is 10.2. The number of ether oxygens (including phenoxy) is 1. The molecule has 1 aromatic heterocycles. The predicted octanol–water partition coefficient (Wildman–Crippen LogP) is 2.64. The van der Waals surface area contributed by atoms with E-state index in [0.717, 1.165) is 5.75 Å². The van der Waals surface area contributed by atoms with E-state index in [9.17, 15) is 13.2 Å². The summed E-state index contributed by atoms with van der Waals surface area (Å²) in [5.74, 6) is 0.734. The van der Waals surface area contributed by atoms with Gasteiger partial charge >= 0.3 is 5.63 Å². The van der Waals surface area contributed by atoms with Crippen molar-refractivity contribution in [1.82, 2.24) is 4.31 Å². The van der Waals surface area contributed by atoms with Crippen LogP contribution in [0.2, 0.25) is 0 Å². The predicted molar refractivity (Wildman–Crippen MR) is 96.7 cm³/mol. The summed E-state index contributed by atoms with van der Waals surface area (Å²) < 4.78 is 38.2. The molecule has 1 saturated heterocycles. The lowest BCUT2D eigenvalue weighted by Crippen LogP contribution is -2.31. The molecule has 0 radical (unpaired) electrons. The van der Waals surface area contributed by atoms with Gasteiger partial charge in [0.15, 0.2) is 0 Å². The summed E-state index contributed by atoms with van der Waals surface area (Å²) in [7, 11) is -3.63. The van der Waals surface area contributed by atoms with Crippen LogP contribution in [0.25, 0.3) is 11.0 Å². The SMILES string of the molecule is O=c1ccc2cc(S(=O)(=O)N3CC[C@@H](Oc4ccccc4)C3)ccc2o1. The average molecular weight is 371 g/mol. The Labute approximate surface area is 150 Å². The molecule has 134 valence electrons. The van der Waals surface area contributed by atoms with Crippen molar-refractivity contribution < 1.29 is 17.6 Å². The normalized spacial score (nSPS) is 18.2. The van der Waals surface area contributed by atoms with E-state index in [-0.39, 0.29) is 11.0 Å². The highest BCUT2D eigenvalue weighted by Gasteiger charge is 2.33. The molecule has 1 aliphatic heterocycles. The van der Waals surface area contributed by atoms with Crippen molar-refractivity contribution in [3.8, 4) is 5.75 Å². The number of nitrogens with zero attached hydrogens (tertiary/aromatic N) is 1. The molecule has 0 spiro atoms. The first-order chi connectivity index (χ1) is 12.5. The van der Waals surface area contributed by atoms with Gasteiger partial charge in [-0.3, -0.25) is 0 Å². The number of sulfonamides is 1. The topological polar surface area (TPSA) is 76.8 Å². The summed E-state index contributed by atoms with van der Waals surface area (Å²) in [5, 5.41) is 0.571. The zero-order valence-corrected chi connectivity index (χ0v) is 14.7. The number of hydrogen-bond donors (Lipinski definition) is 0. The van der Waals surface area contributed by atoms with Crippen molar-refractivity contribution in [3.05, 3.63) is 71.1 Å². The van der Waals surface area contributed by atoms with Crippen molar-refractivity contribution >= 4 is 21.0 Å². The first-order valence-electron chi connectivity index (χ1n) is 8.28. The molecule has 26 heavy (non-hydrogen) atoms. The molecule has 6 nitrogen and oxygen atoms in total. The Morgan fingerprint density at radius 3 is 2.65 bits per heavy atom. The second-order valence-electron chi connectivity index (χ2n) is 6.16. The highest BCUT2D eigenvalue weighted by Crippen LogP contribution is 2.26. The smallest absolute Gasteiger partial charge is 0.336 e. The summed E-state index contributed by atoms with van der Waals surface area (Å²) >= 11 is 0. The van der Waals surface area contributed by atoms with Crippen LogP contribution in [-0.4, -0.2) is 31.9 Å². The molecule has 2 aromatic carbocycles. The maximum Gasteiger partial charge on any atom is 0.336 e. The van der Waals surface area contributed by atoms with Gasteiger partial charge in [0.05, 0.1) is 11.4 Å². The Kier molecular flexibility index (Phi) is 4.26. The van der Waals surface area contributed by atoms with Crippen LogP contribution in [0.1, 0.15) is 6.42 Å². The van der Waals surface area contributed by atoms with Crippen molar-refractivity contribution in [2.45, 2.75) is 17.4 Å². The molecule has 0 bridgehead atoms. The largest absolute Gasteiger partial charge is 0.489 e. The summed E-state index contributed by atoms with van der Waals surface area (Å²) in [6.45, 7) is 0.709. The molecule has 7 heteroatoms. The van der Waals surface area contributed by atoms with Crippen LogP contribution in [0.3, 0.4) is 0 Å². The van der Waals surface area contributed by atoms with Crippen molar-refractivity contribution in [2.75, 3.05) is 13.1 Å². The number of rotatable bonds is 4. The van der Waals surface area contributed by atoms with Crippen LogP contribution in [0.5, 0.6) is 5.75 Å². The van der Waals surface area contributed by atoms with Crippen LogP contribution in [0, 0.1) is 0 Å². The first-order valence-corrected chi connectivity index (χ1v) is 9.72. The van der Waals surface area contributed by atoms with Crippen LogP contribution >= 0.6 is 0 Å². The average Bonchev–Trinajstić information content (AvgIpc) is 3.11. The van der Waals surface area contributed by atoms with Gasteiger partial charge in [0, 0.05) is 18.0 Å². The van der Waals surface area contributed by atoms with Gasteiger partial charge in [-0.15, -0.1) is 0 Å². The second-order valence-corrected chi connectivity index (χ2v) is 8.10. The van der Waals surface area contributed by atoms with E-state index in [1.807, 2.05) is 30.3 Å². The maximum absolute atomic E-state index is 12.9. The molecule has 0 saturated carbocycles. The minimum atomic E-state index is -3.63. The molecule has 4 rings (SSSR count). The fourth-order valence-electron chi connectivity index (χ4n) is 3.06. The van der Waals surface area contributed by atoms with Crippen LogP contribution in [-0.2, 0) is 10.0 Å². The van der Waals surface area contributed by atoms with Gasteiger partial charge in [-0.1, -0.05) is 18.2 Å². The third kappa shape index (κ3) is 3.23. The Bertz CT molecular complexity index is 1090. The van der Waals surface area contributed by atoms with E-state index in [4.69, 9.17) is 9.15 Å². The third-order valence-electron chi connectivity index (χ3n) is 4.38. The molecular weight excluding hydrogens is 354 g/mol. The van der Waals surface area contributed by atoms with E-state index in [2.05, 4.69) is 0 Å². The number of fused-ring (bicyclic) bond motifs is 1. The lowest BCUT2D eigenvalue weighted by Gasteiger charge is -2.17. The van der Waals surface area contributed by atoms with Crippen molar-refractivity contribution in [1.29, 1.82) is 0 Å². The summed E-state index contributed by atoms with van der Waals surface area (Å²) in [4.78, 5) is 11.4. The lowest BCUT2D eigenvalue weighted by molar-refractivity contribution is 0.215. The molecule has 1 atom stereocenters. The van der Waals surface area contributed by atoms with Gasteiger partial charge < -0.3 is 9.15 Å². The van der Waals surface area contributed by atoms with Crippen LogP contribution < -0.4 is 10.4 Å². The van der Waals surface area contributed by atoms with Crippen LogP contribution in [0.15, 0.2) is 74.8 Å². The summed E-state index contributed by atoms with van der Waals surface area (Å²) in [5.41, 5.74) is -0.100. The molecule has 0 N–H and O–H groups in total. The Balaban J connectivity index is 1.55. The standard InChI is InChI=1S/C19H17NO5S/c21-19-9-6-14-12-17(7-8-18(14)25-19)26(22,23)20-11-10-16(13-20)24-15-4-2-1-3-5-15/h1-9,12,16H,10-11,13H2/t16-/m1/s1. The van der Waals surface area contributed by atoms with Crippen LogP contribution in [0.4, 0.5) is 0 Å². The zero-order chi connectivity index (χ0) is 18.1. The van der Waals surface area contributed by atoms with E-state index >= 15 is 0 Å². The number of hydrogen-bond acceptors (Lipinski definition) is 5. The third-order valence-corrected chi connectivity index (χ3v) is 6.24. The Morgan fingerprint density at radius 2 is 1.85 bits per heavy atom. The number of benzene rings is 2. The van der Waals surface area contributed by atoms with Gasteiger partial charge in [-0.2, -0.15) is 4.31 Å². The molecule has 0 unspecified atom stereocenters. The zero-order valence-electron chi connectivity index (χ0n) is 13.9. The molecule has 0 aliphatic carbocycles. The van der Waals surface area contributed by atoms with Gasteiger partial charge in [-0.25, -0.2) is 13.2 Å². The van der Waals surface area contributed by atoms with Gasteiger partial charge in [-0.05, 0) is 42.8 Å². The molecule has 1 aliphatic rings. The minimum Gasteiger partial charge on any atom is -0.489 e. The van der Waals surface area contributed by atoms with Gasteiger partial charge in [0.2, 0.25) is 10.0 Å². The van der Waals surface area contributed by atoms with Crippen molar-refractivity contribution in [2.24, 2.45) is 0 Å². The quantitative estimate of drug-likeness (QED) is 0.659. The highest BCUT2D eigenvalue weighted by atomic mass is 32.2. The van der Waals surface area contributed by atoms with E-state index in [1.165, 1.54) is 28.6 Å². The van der Waals surface area contributed by atoms with Gasteiger partial charge in [0.1, 0.15) is 17.4 Å². The molecule has 0 amide bonds. The van der Waals surface area contributed by atoms with Gasteiger partial charge in [0.25, 0.3) is 0 Å². The monoisotopic (exact) mass is 371 g/mol. The van der Waals surface area contributed by atoms with E-state index in [0.29, 0.717) is 30.5 Å². The van der Waals surface area contributed by atoms with E-state index < -0.39 is 15.6 Å². The molecule has 3 aromatic rings.